The van der Waals surface area contributed by atoms with Crippen LogP contribution in [0.5, 0.6) is 0 Å². The van der Waals surface area contributed by atoms with E-state index in [1.165, 1.54) is 6.42 Å². The SMILES string of the molecule is CCCCC[C@@H](CC)n1c(=O)n(Cc2cc(Cl)nc(Cl)c2)c2cnc3[nH]ccc3c21. The molecule has 1 N–H and O–H groups in total. The third kappa shape index (κ3) is 3.86. The van der Waals surface area contributed by atoms with Gasteiger partial charge in [0.15, 0.2) is 0 Å². The molecule has 4 aromatic heterocycles. The molecule has 0 aliphatic rings. The summed E-state index contributed by atoms with van der Waals surface area (Å²) in [5.41, 5.74) is 3.32. The summed E-state index contributed by atoms with van der Waals surface area (Å²) in [7, 11) is 0. The average molecular weight is 446 g/mol. The Morgan fingerprint density at radius 2 is 1.93 bits per heavy atom. The third-order valence-corrected chi connectivity index (χ3v) is 6.04. The van der Waals surface area contributed by atoms with Crippen LogP contribution >= 0.6 is 23.2 Å². The number of rotatable bonds is 8. The predicted octanol–water partition coefficient (Wildman–Crippen LogP) is 5.96. The molecule has 30 heavy (non-hydrogen) atoms. The fourth-order valence-electron chi connectivity index (χ4n) is 4.19. The highest BCUT2D eigenvalue weighted by molar-refractivity contribution is 6.32. The maximum atomic E-state index is 13.7. The average Bonchev–Trinajstić information content (AvgIpc) is 3.28. The van der Waals surface area contributed by atoms with Crippen molar-refractivity contribution in [3.05, 3.63) is 56.9 Å². The molecule has 0 saturated heterocycles. The highest BCUT2D eigenvalue weighted by Crippen LogP contribution is 2.29. The number of aromatic amines is 1. The van der Waals surface area contributed by atoms with Gasteiger partial charge in [0.05, 0.1) is 23.8 Å². The smallest absolute Gasteiger partial charge is 0.329 e. The molecule has 6 nitrogen and oxygen atoms in total. The summed E-state index contributed by atoms with van der Waals surface area (Å²) in [6.45, 7) is 4.69. The maximum Gasteiger partial charge on any atom is 0.329 e. The molecule has 4 heterocycles. The topological polar surface area (TPSA) is 68.5 Å². The van der Waals surface area contributed by atoms with Crippen molar-refractivity contribution in [2.24, 2.45) is 0 Å². The summed E-state index contributed by atoms with van der Waals surface area (Å²) in [6.07, 6.45) is 8.93. The summed E-state index contributed by atoms with van der Waals surface area (Å²) in [4.78, 5) is 25.4. The van der Waals surface area contributed by atoms with E-state index in [4.69, 9.17) is 23.2 Å². The molecule has 0 radical (unpaired) electrons. The van der Waals surface area contributed by atoms with Crippen LogP contribution in [-0.4, -0.2) is 24.1 Å². The van der Waals surface area contributed by atoms with Gasteiger partial charge >= 0.3 is 5.69 Å². The van der Waals surface area contributed by atoms with Crippen LogP contribution in [0.25, 0.3) is 22.1 Å². The summed E-state index contributed by atoms with van der Waals surface area (Å²) >= 11 is 12.2. The molecule has 0 fully saturated rings. The lowest BCUT2D eigenvalue weighted by atomic mass is 10.1. The zero-order chi connectivity index (χ0) is 21.3. The molecule has 0 spiro atoms. The largest absolute Gasteiger partial charge is 0.346 e. The predicted molar refractivity (Wildman–Crippen MR) is 123 cm³/mol. The number of halogens is 2. The van der Waals surface area contributed by atoms with Gasteiger partial charge in [0, 0.05) is 17.6 Å². The number of nitrogens with zero attached hydrogens (tertiary/aromatic N) is 4. The van der Waals surface area contributed by atoms with Crippen LogP contribution in [0, 0.1) is 0 Å². The number of H-pyrrole nitrogens is 1. The lowest BCUT2D eigenvalue weighted by Crippen LogP contribution is -2.28. The number of hydrogen-bond acceptors (Lipinski definition) is 3. The van der Waals surface area contributed by atoms with E-state index >= 15 is 0 Å². The zero-order valence-electron chi connectivity index (χ0n) is 17.2. The first-order valence-corrected chi connectivity index (χ1v) is 11.2. The second kappa shape index (κ2) is 8.82. The molecule has 0 saturated carbocycles. The molecular formula is C22H25Cl2N5O. The van der Waals surface area contributed by atoms with Gasteiger partial charge in [-0.2, -0.15) is 0 Å². The zero-order valence-corrected chi connectivity index (χ0v) is 18.7. The van der Waals surface area contributed by atoms with Gasteiger partial charge in [-0.25, -0.2) is 14.8 Å². The number of fused-ring (bicyclic) bond motifs is 3. The minimum Gasteiger partial charge on any atom is -0.346 e. The van der Waals surface area contributed by atoms with Gasteiger partial charge in [0.1, 0.15) is 16.0 Å². The van der Waals surface area contributed by atoms with Crippen molar-refractivity contribution < 1.29 is 0 Å². The molecule has 4 rings (SSSR count). The van der Waals surface area contributed by atoms with Crippen LogP contribution in [0.1, 0.15) is 57.6 Å². The number of unbranched alkanes of at least 4 members (excludes halogenated alkanes) is 2. The number of pyridine rings is 2. The molecule has 0 aliphatic carbocycles. The van der Waals surface area contributed by atoms with Crippen LogP contribution in [0.15, 0.2) is 35.4 Å². The van der Waals surface area contributed by atoms with Crippen molar-refractivity contribution in [3.63, 3.8) is 0 Å². The molecule has 4 aromatic rings. The first kappa shape index (κ1) is 20.9. The van der Waals surface area contributed by atoms with E-state index in [0.29, 0.717) is 16.9 Å². The van der Waals surface area contributed by atoms with Crippen molar-refractivity contribution >= 4 is 45.3 Å². The first-order chi connectivity index (χ1) is 14.5. The van der Waals surface area contributed by atoms with Gasteiger partial charge in [-0.1, -0.05) is 56.3 Å². The third-order valence-electron chi connectivity index (χ3n) is 5.65. The Morgan fingerprint density at radius 1 is 1.17 bits per heavy atom. The van der Waals surface area contributed by atoms with E-state index in [9.17, 15) is 4.79 Å². The Kier molecular flexibility index (Phi) is 6.16. The van der Waals surface area contributed by atoms with E-state index in [2.05, 4.69) is 28.8 Å². The standard InChI is InChI=1S/C22H25Cl2N5O/c1-3-5-6-7-15(4-2)29-20-16-8-9-25-21(16)26-12-17(20)28(22(29)30)13-14-10-18(23)27-19(24)11-14/h8-12,15H,3-7,13H2,1-2H3,(H,25,26)/t15-/m1/s1. The Morgan fingerprint density at radius 3 is 2.63 bits per heavy atom. The summed E-state index contributed by atoms with van der Waals surface area (Å²) in [5, 5.41) is 1.58. The second-order valence-corrected chi connectivity index (χ2v) is 8.42. The maximum absolute atomic E-state index is 13.7. The molecule has 0 aliphatic heterocycles. The number of nitrogens with one attached hydrogen (secondary N) is 1. The van der Waals surface area contributed by atoms with Gasteiger partial charge in [0.25, 0.3) is 0 Å². The molecule has 0 amide bonds. The highest BCUT2D eigenvalue weighted by Gasteiger charge is 2.22. The Hall–Kier alpha value is -2.31. The van der Waals surface area contributed by atoms with Crippen LogP contribution in [-0.2, 0) is 6.54 Å². The summed E-state index contributed by atoms with van der Waals surface area (Å²) < 4.78 is 3.73. The van der Waals surface area contributed by atoms with Gasteiger partial charge < -0.3 is 4.98 Å². The fourth-order valence-corrected chi connectivity index (χ4v) is 4.69. The molecular weight excluding hydrogens is 421 g/mol. The normalized spacial score (nSPS) is 12.8. The Labute approximate surface area is 184 Å². The Bertz CT molecular complexity index is 1220. The van der Waals surface area contributed by atoms with Crippen LogP contribution in [0.4, 0.5) is 0 Å². The van der Waals surface area contributed by atoms with E-state index in [1.54, 1.807) is 22.9 Å². The summed E-state index contributed by atoms with van der Waals surface area (Å²) in [5.74, 6) is 0. The molecule has 1 atom stereocenters. The monoisotopic (exact) mass is 445 g/mol. The fraction of sp³-hybridized carbons (Fsp3) is 0.409. The van der Waals surface area contributed by atoms with Crippen LogP contribution in [0.2, 0.25) is 10.3 Å². The lowest BCUT2D eigenvalue weighted by molar-refractivity contribution is 0.426. The highest BCUT2D eigenvalue weighted by atomic mass is 35.5. The minimum atomic E-state index is -0.0343. The molecule has 8 heteroatoms. The van der Waals surface area contributed by atoms with Crippen molar-refractivity contribution in [2.45, 2.75) is 58.5 Å². The van der Waals surface area contributed by atoms with Crippen molar-refractivity contribution in [2.75, 3.05) is 0 Å². The quantitative estimate of drug-likeness (QED) is 0.268. The van der Waals surface area contributed by atoms with Crippen molar-refractivity contribution in [3.8, 4) is 0 Å². The second-order valence-electron chi connectivity index (χ2n) is 7.65. The van der Waals surface area contributed by atoms with Crippen molar-refractivity contribution in [1.82, 2.24) is 24.1 Å². The van der Waals surface area contributed by atoms with Gasteiger partial charge in [0.2, 0.25) is 0 Å². The van der Waals surface area contributed by atoms with E-state index < -0.39 is 0 Å². The Balaban J connectivity index is 1.90. The number of imidazole rings is 1. The number of hydrogen-bond donors (Lipinski definition) is 1. The minimum absolute atomic E-state index is 0.0343. The summed E-state index contributed by atoms with van der Waals surface area (Å²) in [6, 6.07) is 5.61. The van der Waals surface area contributed by atoms with Gasteiger partial charge in [-0.15, -0.1) is 0 Å². The lowest BCUT2D eigenvalue weighted by Gasteiger charge is -2.17. The van der Waals surface area contributed by atoms with Gasteiger partial charge in [-0.05, 0) is 36.6 Å². The van der Waals surface area contributed by atoms with Gasteiger partial charge in [-0.3, -0.25) is 9.13 Å². The van der Waals surface area contributed by atoms with E-state index in [1.807, 2.05) is 16.8 Å². The first-order valence-electron chi connectivity index (χ1n) is 10.4. The van der Waals surface area contributed by atoms with Crippen LogP contribution in [0.3, 0.4) is 0 Å². The molecule has 0 unspecified atom stereocenters. The van der Waals surface area contributed by atoms with E-state index in [-0.39, 0.29) is 11.7 Å². The van der Waals surface area contributed by atoms with Crippen LogP contribution < -0.4 is 5.69 Å². The van der Waals surface area contributed by atoms with E-state index in [0.717, 1.165) is 53.3 Å². The molecule has 158 valence electrons. The molecule has 0 aromatic carbocycles. The number of aromatic nitrogens is 5. The molecule has 0 bridgehead atoms. The van der Waals surface area contributed by atoms with Crippen molar-refractivity contribution in [1.29, 1.82) is 0 Å².